The molecule has 1 heterocycles. The number of nitrogens with zero attached hydrogens (tertiary/aromatic N) is 1. The summed E-state index contributed by atoms with van der Waals surface area (Å²) in [6.45, 7) is 10.3. The minimum atomic E-state index is 0.664. The van der Waals surface area contributed by atoms with Crippen LogP contribution >= 0.6 is 0 Å². The van der Waals surface area contributed by atoms with Gasteiger partial charge in [0, 0.05) is 31.3 Å². The van der Waals surface area contributed by atoms with E-state index < -0.39 is 0 Å². The molecule has 0 saturated heterocycles. The molecule has 2 rings (SSSR count). The summed E-state index contributed by atoms with van der Waals surface area (Å²) in [6, 6.07) is 8.69. The Labute approximate surface area is 116 Å². The van der Waals surface area contributed by atoms with Crippen molar-refractivity contribution in [3.63, 3.8) is 0 Å². The number of para-hydroxylation sites is 1. The maximum absolute atomic E-state index is 5.44. The Bertz CT molecular complexity index is 381. The summed E-state index contributed by atoms with van der Waals surface area (Å²) in [5.74, 6) is 0.664. The zero-order valence-corrected chi connectivity index (χ0v) is 12.2. The van der Waals surface area contributed by atoms with Crippen molar-refractivity contribution in [1.82, 2.24) is 4.90 Å². The van der Waals surface area contributed by atoms with Crippen LogP contribution in [0, 0.1) is 0 Å². The normalized spacial score (nSPS) is 17.5. The zero-order valence-electron chi connectivity index (χ0n) is 12.2. The quantitative estimate of drug-likeness (QED) is 0.729. The third kappa shape index (κ3) is 3.95. The van der Waals surface area contributed by atoms with Crippen LogP contribution in [0.1, 0.15) is 31.7 Å². The highest BCUT2D eigenvalue weighted by atomic mass is 16.5. The lowest BCUT2D eigenvalue weighted by Crippen LogP contribution is -2.29. The van der Waals surface area contributed by atoms with Gasteiger partial charge < -0.3 is 15.0 Å². The molecule has 1 aromatic carbocycles. The third-order valence-corrected chi connectivity index (χ3v) is 3.94. The molecule has 0 bridgehead atoms. The van der Waals surface area contributed by atoms with Crippen LogP contribution in [0.15, 0.2) is 24.3 Å². The summed E-state index contributed by atoms with van der Waals surface area (Å²) in [5.41, 5.74) is 2.81. The van der Waals surface area contributed by atoms with Gasteiger partial charge in [-0.25, -0.2) is 0 Å². The van der Waals surface area contributed by atoms with Crippen LogP contribution < -0.4 is 5.32 Å². The van der Waals surface area contributed by atoms with Crippen molar-refractivity contribution in [1.29, 1.82) is 0 Å². The Morgan fingerprint density at radius 3 is 2.89 bits per heavy atom. The van der Waals surface area contributed by atoms with Crippen molar-refractivity contribution in [3.8, 4) is 0 Å². The Morgan fingerprint density at radius 1 is 1.26 bits per heavy atom. The number of ether oxygens (including phenoxy) is 1. The molecule has 1 aliphatic heterocycles. The molecule has 3 nitrogen and oxygen atoms in total. The SMILES string of the molecule is CCOCCN(CC)CCC1CNc2ccccc21. The predicted molar refractivity (Wildman–Crippen MR) is 80.9 cm³/mol. The number of nitrogens with one attached hydrogen (secondary N) is 1. The predicted octanol–water partition coefficient (Wildman–Crippen LogP) is 2.94. The van der Waals surface area contributed by atoms with E-state index in [0.717, 1.165) is 39.4 Å². The summed E-state index contributed by atoms with van der Waals surface area (Å²) in [4.78, 5) is 2.48. The van der Waals surface area contributed by atoms with E-state index in [-0.39, 0.29) is 0 Å². The Kier molecular flexibility index (Phi) is 5.67. The van der Waals surface area contributed by atoms with Gasteiger partial charge in [-0.15, -0.1) is 0 Å². The lowest BCUT2D eigenvalue weighted by Gasteiger charge is -2.22. The number of fused-ring (bicyclic) bond motifs is 1. The average Bonchev–Trinajstić information content (AvgIpc) is 2.86. The number of rotatable bonds is 8. The molecule has 1 aromatic rings. The van der Waals surface area contributed by atoms with E-state index in [1.807, 2.05) is 0 Å². The highest BCUT2D eigenvalue weighted by molar-refractivity contribution is 5.57. The fourth-order valence-electron chi connectivity index (χ4n) is 2.72. The van der Waals surface area contributed by atoms with E-state index in [1.54, 1.807) is 0 Å². The molecule has 1 atom stereocenters. The summed E-state index contributed by atoms with van der Waals surface area (Å²) < 4.78 is 5.44. The highest BCUT2D eigenvalue weighted by Gasteiger charge is 2.21. The molecule has 0 fully saturated rings. The Balaban J connectivity index is 1.79. The molecule has 0 amide bonds. The van der Waals surface area contributed by atoms with Gasteiger partial charge >= 0.3 is 0 Å². The second kappa shape index (κ2) is 7.51. The van der Waals surface area contributed by atoms with Crippen LogP contribution in [-0.2, 0) is 4.74 Å². The van der Waals surface area contributed by atoms with Gasteiger partial charge in [0.2, 0.25) is 0 Å². The first kappa shape index (κ1) is 14.4. The second-order valence-corrected chi connectivity index (χ2v) is 5.08. The van der Waals surface area contributed by atoms with Gasteiger partial charge in [-0.1, -0.05) is 25.1 Å². The average molecular weight is 262 g/mol. The molecule has 1 N–H and O–H groups in total. The zero-order chi connectivity index (χ0) is 13.5. The largest absolute Gasteiger partial charge is 0.384 e. The summed E-state index contributed by atoms with van der Waals surface area (Å²) in [5, 5.41) is 3.50. The Morgan fingerprint density at radius 2 is 2.11 bits per heavy atom. The molecule has 0 aromatic heterocycles. The number of likely N-dealkylation sites (N-methyl/N-ethyl adjacent to an activating group) is 1. The van der Waals surface area contributed by atoms with Crippen molar-refractivity contribution in [2.75, 3.05) is 44.7 Å². The molecular weight excluding hydrogens is 236 g/mol. The monoisotopic (exact) mass is 262 g/mol. The van der Waals surface area contributed by atoms with Crippen LogP contribution in [0.5, 0.6) is 0 Å². The lowest BCUT2D eigenvalue weighted by molar-refractivity contribution is 0.114. The van der Waals surface area contributed by atoms with Gasteiger partial charge in [-0.05, 0) is 38.1 Å². The van der Waals surface area contributed by atoms with Gasteiger partial charge in [0.15, 0.2) is 0 Å². The van der Waals surface area contributed by atoms with Gasteiger partial charge in [-0.2, -0.15) is 0 Å². The van der Waals surface area contributed by atoms with E-state index in [9.17, 15) is 0 Å². The highest BCUT2D eigenvalue weighted by Crippen LogP contribution is 2.33. The first-order valence-electron chi connectivity index (χ1n) is 7.48. The van der Waals surface area contributed by atoms with Crippen molar-refractivity contribution < 1.29 is 4.74 Å². The van der Waals surface area contributed by atoms with Gasteiger partial charge in [0.25, 0.3) is 0 Å². The summed E-state index contributed by atoms with van der Waals surface area (Å²) in [7, 11) is 0. The first-order chi connectivity index (χ1) is 9.35. The minimum absolute atomic E-state index is 0.664. The summed E-state index contributed by atoms with van der Waals surface area (Å²) >= 11 is 0. The van der Waals surface area contributed by atoms with E-state index in [0.29, 0.717) is 5.92 Å². The fourth-order valence-corrected chi connectivity index (χ4v) is 2.72. The maximum atomic E-state index is 5.44. The van der Waals surface area contributed by atoms with Crippen molar-refractivity contribution in [2.45, 2.75) is 26.2 Å². The molecule has 0 saturated carbocycles. The molecule has 3 heteroatoms. The molecule has 19 heavy (non-hydrogen) atoms. The molecule has 0 radical (unpaired) electrons. The third-order valence-electron chi connectivity index (χ3n) is 3.94. The van der Waals surface area contributed by atoms with Crippen molar-refractivity contribution in [3.05, 3.63) is 29.8 Å². The lowest BCUT2D eigenvalue weighted by atomic mass is 9.98. The number of benzene rings is 1. The molecular formula is C16H26N2O. The van der Waals surface area contributed by atoms with E-state index in [4.69, 9.17) is 4.74 Å². The van der Waals surface area contributed by atoms with Gasteiger partial charge in [0.05, 0.1) is 6.61 Å². The standard InChI is InChI=1S/C16H26N2O/c1-3-18(11-12-19-4-2)10-9-14-13-17-16-8-6-5-7-15(14)16/h5-8,14,17H,3-4,9-13H2,1-2H3. The van der Waals surface area contributed by atoms with Crippen LogP contribution in [0.2, 0.25) is 0 Å². The van der Waals surface area contributed by atoms with Crippen LogP contribution in [0.3, 0.4) is 0 Å². The minimum Gasteiger partial charge on any atom is -0.384 e. The molecule has 1 unspecified atom stereocenters. The van der Waals surface area contributed by atoms with E-state index in [2.05, 4.69) is 48.3 Å². The number of hydrogen-bond acceptors (Lipinski definition) is 3. The van der Waals surface area contributed by atoms with Crippen LogP contribution in [-0.4, -0.2) is 44.3 Å². The van der Waals surface area contributed by atoms with Gasteiger partial charge in [0.1, 0.15) is 0 Å². The van der Waals surface area contributed by atoms with E-state index >= 15 is 0 Å². The van der Waals surface area contributed by atoms with Crippen LogP contribution in [0.25, 0.3) is 0 Å². The molecule has 106 valence electrons. The molecule has 0 aliphatic carbocycles. The fraction of sp³-hybridized carbons (Fsp3) is 0.625. The van der Waals surface area contributed by atoms with Crippen molar-refractivity contribution >= 4 is 5.69 Å². The Hall–Kier alpha value is -1.06. The smallest absolute Gasteiger partial charge is 0.0593 e. The summed E-state index contributed by atoms with van der Waals surface area (Å²) in [6.07, 6.45) is 1.23. The van der Waals surface area contributed by atoms with Gasteiger partial charge in [-0.3, -0.25) is 0 Å². The maximum Gasteiger partial charge on any atom is 0.0593 e. The molecule has 1 aliphatic rings. The first-order valence-corrected chi connectivity index (χ1v) is 7.48. The van der Waals surface area contributed by atoms with E-state index in [1.165, 1.54) is 17.7 Å². The topological polar surface area (TPSA) is 24.5 Å². The number of anilines is 1. The van der Waals surface area contributed by atoms with Crippen LogP contribution in [0.4, 0.5) is 5.69 Å². The van der Waals surface area contributed by atoms with Crippen molar-refractivity contribution in [2.24, 2.45) is 0 Å². The second-order valence-electron chi connectivity index (χ2n) is 5.08. The molecule has 0 spiro atoms. The number of hydrogen-bond donors (Lipinski definition) is 1.